The molecule has 0 saturated carbocycles. The molecular formula is C12H28N2. The first-order valence-corrected chi connectivity index (χ1v) is 5.47. The molecule has 86 valence electrons. The van der Waals surface area contributed by atoms with Crippen molar-refractivity contribution in [1.29, 1.82) is 0 Å². The molecule has 0 aliphatic rings. The fourth-order valence-corrected chi connectivity index (χ4v) is 2.34. The summed E-state index contributed by atoms with van der Waals surface area (Å²) in [6.07, 6.45) is 1.14. The lowest BCUT2D eigenvalue weighted by molar-refractivity contribution is 0.194. The van der Waals surface area contributed by atoms with Gasteiger partial charge in [0.05, 0.1) is 0 Å². The normalized spacial score (nSPS) is 14.6. The Kier molecular flexibility index (Phi) is 4.17. The van der Waals surface area contributed by atoms with Crippen LogP contribution in [0, 0.1) is 5.41 Å². The van der Waals surface area contributed by atoms with Crippen molar-refractivity contribution >= 4 is 0 Å². The molecule has 0 aliphatic heterocycles. The number of nitrogens with two attached hydrogens (primary N) is 1. The fourth-order valence-electron chi connectivity index (χ4n) is 2.34. The maximum atomic E-state index is 5.71. The summed E-state index contributed by atoms with van der Waals surface area (Å²) < 4.78 is 0. The van der Waals surface area contributed by atoms with E-state index in [1.807, 2.05) is 0 Å². The van der Waals surface area contributed by atoms with Crippen molar-refractivity contribution in [2.75, 3.05) is 6.54 Å². The topological polar surface area (TPSA) is 38.0 Å². The van der Waals surface area contributed by atoms with Gasteiger partial charge in [0.2, 0.25) is 0 Å². The summed E-state index contributed by atoms with van der Waals surface area (Å²) in [5.41, 5.74) is 6.23. The Morgan fingerprint density at radius 2 is 1.29 bits per heavy atom. The number of nitrogens with one attached hydrogen (secondary N) is 1. The van der Waals surface area contributed by atoms with E-state index in [-0.39, 0.29) is 11.1 Å². The molecule has 0 unspecified atom stereocenters. The molecule has 0 aromatic heterocycles. The molecule has 0 aromatic carbocycles. The molecule has 0 rings (SSSR count). The van der Waals surface area contributed by atoms with Gasteiger partial charge in [-0.05, 0) is 39.5 Å². The van der Waals surface area contributed by atoms with Crippen LogP contribution in [0.2, 0.25) is 0 Å². The number of hydrogen-bond donors (Lipinski definition) is 2. The molecule has 0 atom stereocenters. The highest BCUT2D eigenvalue weighted by molar-refractivity contribution is 4.91. The van der Waals surface area contributed by atoms with Crippen LogP contribution in [0.1, 0.15) is 54.9 Å². The maximum Gasteiger partial charge on any atom is 0.0252 e. The van der Waals surface area contributed by atoms with Gasteiger partial charge in [0.1, 0.15) is 0 Å². The van der Waals surface area contributed by atoms with Gasteiger partial charge >= 0.3 is 0 Å². The first-order chi connectivity index (χ1) is 5.97. The molecular weight excluding hydrogens is 172 g/mol. The first-order valence-electron chi connectivity index (χ1n) is 5.47. The second-order valence-corrected chi connectivity index (χ2v) is 6.83. The van der Waals surface area contributed by atoms with Gasteiger partial charge < -0.3 is 11.1 Å². The lowest BCUT2D eigenvalue weighted by Crippen LogP contribution is -2.56. The van der Waals surface area contributed by atoms with Gasteiger partial charge in [-0.25, -0.2) is 0 Å². The van der Waals surface area contributed by atoms with Crippen LogP contribution in [-0.4, -0.2) is 17.6 Å². The Bertz CT molecular complexity index is 175. The van der Waals surface area contributed by atoms with Crippen LogP contribution in [-0.2, 0) is 0 Å². The Balaban J connectivity index is 4.35. The zero-order valence-corrected chi connectivity index (χ0v) is 11.0. The standard InChI is InChI=1S/C12H28N2/c1-10(2,3)8-11(4,5)14-12(6,7)9-13/h14H,8-9,13H2,1-7H3. The maximum absolute atomic E-state index is 5.71. The van der Waals surface area contributed by atoms with E-state index >= 15 is 0 Å². The van der Waals surface area contributed by atoms with E-state index in [1.165, 1.54) is 0 Å². The van der Waals surface area contributed by atoms with E-state index in [0.717, 1.165) is 6.42 Å². The zero-order chi connectivity index (χ0) is 11.6. The highest BCUT2D eigenvalue weighted by Gasteiger charge is 2.30. The molecule has 2 nitrogen and oxygen atoms in total. The molecule has 0 heterocycles. The van der Waals surface area contributed by atoms with E-state index in [2.05, 4.69) is 53.8 Å². The third-order valence-corrected chi connectivity index (χ3v) is 2.16. The predicted molar refractivity (Wildman–Crippen MR) is 64.4 cm³/mol. The second kappa shape index (κ2) is 4.19. The van der Waals surface area contributed by atoms with Crippen molar-refractivity contribution in [3.05, 3.63) is 0 Å². The van der Waals surface area contributed by atoms with Crippen LogP contribution < -0.4 is 11.1 Å². The fraction of sp³-hybridized carbons (Fsp3) is 1.00. The summed E-state index contributed by atoms with van der Waals surface area (Å²) in [4.78, 5) is 0. The highest BCUT2D eigenvalue weighted by atomic mass is 15.0. The monoisotopic (exact) mass is 200 g/mol. The molecule has 14 heavy (non-hydrogen) atoms. The molecule has 0 bridgehead atoms. The van der Waals surface area contributed by atoms with E-state index < -0.39 is 0 Å². The number of hydrogen-bond acceptors (Lipinski definition) is 2. The lowest BCUT2D eigenvalue weighted by atomic mass is 9.80. The summed E-state index contributed by atoms with van der Waals surface area (Å²) in [5, 5.41) is 3.61. The lowest BCUT2D eigenvalue weighted by Gasteiger charge is -2.40. The Morgan fingerprint density at radius 1 is 0.857 bits per heavy atom. The van der Waals surface area contributed by atoms with E-state index in [0.29, 0.717) is 12.0 Å². The van der Waals surface area contributed by atoms with Gasteiger partial charge in [-0.15, -0.1) is 0 Å². The minimum Gasteiger partial charge on any atom is -0.329 e. The molecule has 2 heteroatoms. The predicted octanol–water partition coefficient (Wildman–Crippen LogP) is 2.53. The van der Waals surface area contributed by atoms with E-state index in [1.54, 1.807) is 0 Å². The summed E-state index contributed by atoms with van der Waals surface area (Å²) in [6, 6.07) is 0. The minimum atomic E-state index is 0.0226. The van der Waals surface area contributed by atoms with Crippen LogP contribution in [0.4, 0.5) is 0 Å². The van der Waals surface area contributed by atoms with Gasteiger partial charge in [0.15, 0.2) is 0 Å². The summed E-state index contributed by atoms with van der Waals surface area (Å²) >= 11 is 0. The van der Waals surface area contributed by atoms with Crippen molar-refractivity contribution in [3.63, 3.8) is 0 Å². The van der Waals surface area contributed by atoms with Gasteiger partial charge in [-0.3, -0.25) is 0 Å². The number of rotatable bonds is 4. The van der Waals surface area contributed by atoms with Crippen molar-refractivity contribution in [2.45, 2.75) is 66.0 Å². The largest absolute Gasteiger partial charge is 0.329 e. The van der Waals surface area contributed by atoms with Crippen LogP contribution in [0.5, 0.6) is 0 Å². The van der Waals surface area contributed by atoms with Gasteiger partial charge in [-0.1, -0.05) is 20.8 Å². The second-order valence-electron chi connectivity index (χ2n) is 6.83. The quantitative estimate of drug-likeness (QED) is 0.732. The van der Waals surface area contributed by atoms with Crippen LogP contribution in [0.15, 0.2) is 0 Å². The average molecular weight is 200 g/mol. The highest BCUT2D eigenvalue weighted by Crippen LogP contribution is 2.28. The van der Waals surface area contributed by atoms with Crippen molar-refractivity contribution in [2.24, 2.45) is 11.1 Å². The van der Waals surface area contributed by atoms with Crippen LogP contribution in [0.25, 0.3) is 0 Å². The Morgan fingerprint density at radius 3 is 1.57 bits per heavy atom. The molecule has 0 aliphatic carbocycles. The molecule has 0 saturated heterocycles. The molecule has 0 fully saturated rings. The molecule has 0 spiro atoms. The van der Waals surface area contributed by atoms with Crippen molar-refractivity contribution in [1.82, 2.24) is 5.32 Å². The smallest absolute Gasteiger partial charge is 0.0252 e. The molecule has 0 amide bonds. The third kappa shape index (κ3) is 6.39. The molecule has 3 N–H and O–H groups in total. The van der Waals surface area contributed by atoms with Crippen molar-refractivity contribution < 1.29 is 0 Å². The van der Waals surface area contributed by atoms with Gasteiger partial charge in [0, 0.05) is 17.6 Å². The van der Waals surface area contributed by atoms with E-state index in [4.69, 9.17) is 5.73 Å². The summed E-state index contributed by atoms with van der Waals surface area (Å²) in [5.74, 6) is 0. The van der Waals surface area contributed by atoms with Gasteiger partial charge in [0.25, 0.3) is 0 Å². The summed E-state index contributed by atoms with van der Waals surface area (Å²) in [7, 11) is 0. The zero-order valence-electron chi connectivity index (χ0n) is 11.0. The Labute approximate surface area is 89.6 Å². The SMILES string of the molecule is CC(C)(C)CC(C)(C)NC(C)(C)CN. The van der Waals surface area contributed by atoms with E-state index in [9.17, 15) is 0 Å². The van der Waals surface area contributed by atoms with Crippen LogP contribution in [0.3, 0.4) is 0 Å². The average Bonchev–Trinajstić information content (AvgIpc) is 1.78. The summed E-state index contributed by atoms with van der Waals surface area (Å²) in [6.45, 7) is 16.3. The molecule has 0 radical (unpaired) electrons. The molecule has 0 aromatic rings. The van der Waals surface area contributed by atoms with Crippen LogP contribution >= 0.6 is 0 Å². The van der Waals surface area contributed by atoms with Gasteiger partial charge in [-0.2, -0.15) is 0 Å². The van der Waals surface area contributed by atoms with Crippen molar-refractivity contribution in [3.8, 4) is 0 Å². The third-order valence-electron chi connectivity index (χ3n) is 2.16. The minimum absolute atomic E-state index is 0.0226. The Hall–Kier alpha value is -0.0800. The first kappa shape index (κ1) is 13.9.